The van der Waals surface area contributed by atoms with Crippen molar-refractivity contribution < 1.29 is 8.60 Å². The van der Waals surface area contributed by atoms with Crippen molar-refractivity contribution in [2.75, 3.05) is 26.3 Å². The fourth-order valence-corrected chi connectivity index (χ4v) is 3.11. The summed E-state index contributed by atoms with van der Waals surface area (Å²) in [4.78, 5) is 0. The van der Waals surface area contributed by atoms with Gasteiger partial charge in [0, 0.05) is 25.7 Å². The van der Waals surface area contributed by atoms with Gasteiger partial charge in [0.25, 0.3) is 0 Å². The topological polar surface area (TPSA) is 58.4 Å². The van der Waals surface area contributed by atoms with E-state index >= 15 is 0 Å². The van der Waals surface area contributed by atoms with Gasteiger partial charge in [0.1, 0.15) is 6.67 Å². The van der Waals surface area contributed by atoms with E-state index in [1.807, 2.05) is 0 Å². The summed E-state index contributed by atoms with van der Waals surface area (Å²) < 4.78 is 24.9. The Morgan fingerprint density at radius 1 is 1.57 bits per heavy atom. The summed E-state index contributed by atoms with van der Waals surface area (Å²) in [5.41, 5.74) is 0.415. The van der Waals surface area contributed by atoms with Crippen LogP contribution in [0.25, 0.3) is 0 Å². The molecule has 0 aromatic carbocycles. The van der Waals surface area contributed by atoms with E-state index in [0.717, 1.165) is 25.9 Å². The van der Waals surface area contributed by atoms with Crippen LogP contribution in [-0.4, -0.2) is 40.9 Å². The lowest BCUT2D eigenvalue weighted by atomic mass is 9.61. The Bertz CT molecular complexity index is 239. The first-order valence-electron chi connectivity index (χ1n) is 4.86. The predicted molar refractivity (Wildman–Crippen MR) is 53.3 cm³/mol. The Kier molecular flexibility index (Phi) is 2.88. The van der Waals surface area contributed by atoms with Crippen molar-refractivity contribution in [2.45, 2.75) is 18.9 Å². The highest BCUT2D eigenvalue weighted by atomic mass is 32.2. The van der Waals surface area contributed by atoms with E-state index in [9.17, 15) is 8.60 Å². The van der Waals surface area contributed by atoms with E-state index in [2.05, 4.69) is 5.32 Å². The zero-order valence-corrected chi connectivity index (χ0v) is 8.86. The summed E-state index contributed by atoms with van der Waals surface area (Å²) in [5, 5.41) is 8.52. The first-order valence-corrected chi connectivity index (χ1v) is 6.03. The molecule has 1 saturated heterocycles. The number of nitrogens with one attached hydrogen (secondary N) is 1. The van der Waals surface area contributed by atoms with Crippen molar-refractivity contribution in [1.29, 1.82) is 0 Å². The molecule has 0 aromatic heterocycles. The number of nitrogens with two attached hydrogens (primary N) is 1. The molecule has 1 atom stereocenters. The zero-order valence-electron chi connectivity index (χ0n) is 8.04. The lowest BCUT2D eigenvalue weighted by molar-refractivity contribution is -0.00613. The fraction of sp³-hybridized carbons (Fsp3) is 1.00. The third kappa shape index (κ3) is 1.71. The molecular weight excluding hydrogens is 205 g/mol. The van der Waals surface area contributed by atoms with Crippen LogP contribution in [0.1, 0.15) is 12.8 Å². The summed E-state index contributed by atoms with van der Waals surface area (Å²) in [6.45, 7) is 1.80. The Morgan fingerprint density at radius 2 is 2.21 bits per heavy atom. The quantitative estimate of drug-likeness (QED) is 0.675. The average Bonchev–Trinajstić information content (AvgIpc) is 1.97. The average molecular weight is 221 g/mol. The van der Waals surface area contributed by atoms with E-state index in [1.54, 1.807) is 4.31 Å². The van der Waals surface area contributed by atoms with Gasteiger partial charge in [0.2, 0.25) is 0 Å². The molecule has 1 aliphatic heterocycles. The summed E-state index contributed by atoms with van der Waals surface area (Å²) in [6.07, 6.45) is 2.01. The van der Waals surface area contributed by atoms with Crippen LogP contribution in [0.2, 0.25) is 0 Å². The van der Waals surface area contributed by atoms with Gasteiger partial charge in [-0.25, -0.2) is 18.0 Å². The van der Waals surface area contributed by atoms with E-state index < -0.39 is 17.8 Å². The minimum Gasteiger partial charge on any atom is -0.316 e. The standard InChI is InChI=1S/C8H16FN3OS/c9-1-2-12(14(10)13)7-3-8(4-7)5-11-6-8/h7,11H,1-6,10H2. The van der Waals surface area contributed by atoms with Gasteiger partial charge in [0.15, 0.2) is 11.2 Å². The number of hydrogen-bond acceptors (Lipinski definition) is 2. The smallest absolute Gasteiger partial charge is 0.167 e. The van der Waals surface area contributed by atoms with Crippen LogP contribution in [0.3, 0.4) is 0 Å². The largest absolute Gasteiger partial charge is 0.316 e. The van der Waals surface area contributed by atoms with Gasteiger partial charge in [-0.3, -0.25) is 0 Å². The van der Waals surface area contributed by atoms with E-state index in [0.29, 0.717) is 5.41 Å². The van der Waals surface area contributed by atoms with Crippen LogP contribution in [0.5, 0.6) is 0 Å². The molecule has 14 heavy (non-hydrogen) atoms. The Morgan fingerprint density at radius 3 is 2.57 bits per heavy atom. The third-order valence-electron chi connectivity index (χ3n) is 3.28. The number of hydrogen-bond donors (Lipinski definition) is 2. The van der Waals surface area contributed by atoms with Crippen LogP contribution in [0.4, 0.5) is 4.39 Å². The minimum atomic E-state index is -1.52. The second-order valence-corrected chi connectivity index (χ2v) is 5.29. The molecule has 1 spiro atoms. The van der Waals surface area contributed by atoms with Gasteiger partial charge in [-0.15, -0.1) is 0 Å². The molecule has 0 bridgehead atoms. The van der Waals surface area contributed by atoms with Crippen LogP contribution in [0, 0.1) is 5.41 Å². The van der Waals surface area contributed by atoms with E-state index in [4.69, 9.17) is 5.14 Å². The molecule has 0 amide bonds. The minimum absolute atomic E-state index is 0.192. The van der Waals surface area contributed by atoms with Crippen molar-refractivity contribution in [2.24, 2.45) is 10.6 Å². The molecule has 3 N–H and O–H groups in total. The number of alkyl halides is 1. The summed E-state index contributed by atoms with van der Waals surface area (Å²) in [5.74, 6) is 0. The van der Waals surface area contributed by atoms with Gasteiger partial charge < -0.3 is 5.32 Å². The summed E-state index contributed by atoms with van der Waals surface area (Å²) >= 11 is -1.52. The predicted octanol–water partition coefficient (Wildman–Crippen LogP) is -0.453. The molecule has 82 valence electrons. The lowest BCUT2D eigenvalue weighted by Gasteiger charge is -2.56. The van der Waals surface area contributed by atoms with Crippen LogP contribution >= 0.6 is 0 Å². The fourth-order valence-electron chi connectivity index (χ4n) is 2.41. The SMILES string of the molecule is NS(=O)N(CCF)C1CC2(CNC2)C1. The molecule has 2 aliphatic rings. The maximum absolute atomic E-state index is 12.2. The maximum Gasteiger partial charge on any atom is 0.167 e. The molecule has 6 heteroatoms. The van der Waals surface area contributed by atoms with Gasteiger partial charge >= 0.3 is 0 Å². The van der Waals surface area contributed by atoms with E-state index in [-0.39, 0.29) is 12.6 Å². The highest BCUT2D eigenvalue weighted by molar-refractivity contribution is 7.80. The van der Waals surface area contributed by atoms with E-state index in [1.165, 1.54) is 0 Å². The molecule has 1 unspecified atom stereocenters. The molecule has 0 aromatic rings. The molecule has 0 radical (unpaired) electrons. The monoisotopic (exact) mass is 221 g/mol. The molecule has 1 saturated carbocycles. The van der Waals surface area contributed by atoms with Crippen molar-refractivity contribution in [3.8, 4) is 0 Å². The van der Waals surface area contributed by atoms with Crippen LogP contribution in [0.15, 0.2) is 0 Å². The second kappa shape index (κ2) is 3.84. The highest BCUT2D eigenvalue weighted by Crippen LogP contribution is 2.46. The number of rotatable bonds is 4. The number of halogens is 1. The number of nitrogens with zero attached hydrogens (tertiary/aromatic N) is 1. The normalized spacial score (nSPS) is 27.4. The van der Waals surface area contributed by atoms with Crippen molar-refractivity contribution in [3.63, 3.8) is 0 Å². The first kappa shape index (κ1) is 10.5. The molecule has 1 aliphatic carbocycles. The molecule has 4 nitrogen and oxygen atoms in total. The maximum atomic E-state index is 12.2. The lowest BCUT2D eigenvalue weighted by Crippen LogP contribution is -2.65. The molecule has 2 fully saturated rings. The Labute approximate surface area is 85.7 Å². The third-order valence-corrected chi connectivity index (χ3v) is 4.22. The molecule has 1 heterocycles. The zero-order chi connectivity index (χ0) is 10.2. The van der Waals surface area contributed by atoms with Crippen molar-refractivity contribution in [3.05, 3.63) is 0 Å². The molecule has 2 rings (SSSR count). The Balaban J connectivity index is 1.85. The van der Waals surface area contributed by atoms with Gasteiger partial charge in [-0.1, -0.05) is 0 Å². The highest BCUT2D eigenvalue weighted by Gasteiger charge is 2.50. The van der Waals surface area contributed by atoms with Gasteiger partial charge in [-0.05, 0) is 18.3 Å². The summed E-state index contributed by atoms with van der Waals surface area (Å²) in [6, 6.07) is 0.221. The summed E-state index contributed by atoms with van der Waals surface area (Å²) in [7, 11) is 0. The Hall–Kier alpha value is -0.0400. The second-order valence-electron chi connectivity index (χ2n) is 4.27. The molecular formula is C8H16FN3OS. The van der Waals surface area contributed by atoms with Crippen molar-refractivity contribution >= 4 is 11.2 Å². The van der Waals surface area contributed by atoms with Crippen molar-refractivity contribution in [1.82, 2.24) is 9.62 Å². The first-order chi connectivity index (χ1) is 6.67. The van der Waals surface area contributed by atoms with Crippen LogP contribution in [-0.2, 0) is 11.2 Å². The van der Waals surface area contributed by atoms with Gasteiger partial charge in [-0.2, -0.15) is 0 Å². The van der Waals surface area contributed by atoms with Gasteiger partial charge in [0.05, 0.1) is 0 Å². The van der Waals surface area contributed by atoms with Crippen LogP contribution < -0.4 is 10.5 Å².